The van der Waals surface area contributed by atoms with Crippen molar-refractivity contribution in [2.24, 2.45) is 11.8 Å². The molecular formula is C15H25NO4. The molecule has 0 aromatic heterocycles. The number of amides is 1. The van der Waals surface area contributed by atoms with Crippen molar-refractivity contribution in [3.8, 4) is 0 Å². The van der Waals surface area contributed by atoms with Crippen LogP contribution in [0.2, 0.25) is 0 Å². The highest BCUT2D eigenvalue weighted by Gasteiger charge is 2.46. The zero-order valence-electron chi connectivity index (χ0n) is 12.6. The fourth-order valence-electron chi connectivity index (χ4n) is 3.84. The third-order valence-electron chi connectivity index (χ3n) is 4.26. The number of hydrogen-bond acceptors (Lipinski definition) is 3. The van der Waals surface area contributed by atoms with Crippen LogP contribution >= 0.6 is 0 Å². The highest BCUT2D eigenvalue weighted by Crippen LogP contribution is 2.47. The van der Waals surface area contributed by atoms with Crippen LogP contribution in [0.1, 0.15) is 59.3 Å². The maximum absolute atomic E-state index is 12.0. The van der Waals surface area contributed by atoms with Crippen molar-refractivity contribution in [3.05, 3.63) is 0 Å². The van der Waals surface area contributed by atoms with Crippen molar-refractivity contribution in [1.29, 1.82) is 0 Å². The van der Waals surface area contributed by atoms with Crippen LogP contribution in [0.4, 0.5) is 4.79 Å². The first-order chi connectivity index (χ1) is 9.17. The van der Waals surface area contributed by atoms with Crippen molar-refractivity contribution in [2.75, 3.05) is 0 Å². The fourth-order valence-corrected chi connectivity index (χ4v) is 3.84. The second-order valence-electron chi connectivity index (χ2n) is 7.43. The molecule has 1 unspecified atom stereocenters. The maximum Gasteiger partial charge on any atom is 0.408 e. The lowest BCUT2D eigenvalue weighted by molar-refractivity contribution is -0.139. The van der Waals surface area contributed by atoms with Crippen molar-refractivity contribution in [1.82, 2.24) is 5.32 Å². The van der Waals surface area contributed by atoms with Crippen molar-refractivity contribution in [3.63, 3.8) is 0 Å². The summed E-state index contributed by atoms with van der Waals surface area (Å²) < 4.78 is 5.29. The second-order valence-corrected chi connectivity index (χ2v) is 7.43. The van der Waals surface area contributed by atoms with E-state index < -0.39 is 23.2 Å². The predicted molar refractivity (Wildman–Crippen MR) is 74.4 cm³/mol. The zero-order valence-corrected chi connectivity index (χ0v) is 12.6. The van der Waals surface area contributed by atoms with Gasteiger partial charge in [-0.3, -0.25) is 4.79 Å². The van der Waals surface area contributed by atoms with Gasteiger partial charge in [-0.15, -0.1) is 0 Å². The molecule has 0 aromatic rings. The molecule has 0 radical (unpaired) electrons. The summed E-state index contributed by atoms with van der Waals surface area (Å²) in [5, 5.41) is 12.1. The molecule has 0 aliphatic heterocycles. The number of carboxylic acid groups (broad SMARTS) is 1. The van der Waals surface area contributed by atoms with Gasteiger partial charge in [0, 0.05) is 0 Å². The van der Waals surface area contributed by atoms with Crippen LogP contribution in [0.15, 0.2) is 0 Å². The number of carbonyl (C=O) groups excluding carboxylic acids is 1. The molecule has 2 rings (SSSR count). The van der Waals surface area contributed by atoms with E-state index in [4.69, 9.17) is 4.74 Å². The van der Waals surface area contributed by atoms with E-state index >= 15 is 0 Å². The standard InChI is InChI=1S/C15H25NO4/c1-14(2,3)20-13(19)16-15(9-12(17)18)7-10-4-5-11(6-10)8-15/h10-11H,4-9H2,1-3H3,(H,16,19)(H,17,18)/t10-,11+,15?. The summed E-state index contributed by atoms with van der Waals surface area (Å²) in [6.07, 6.45) is 4.49. The Morgan fingerprint density at radius 2 is 1.80 bits per heavy atom. The molecule has 114 valence electrons. The number of nitrogens with one attached hydrogen (secondary N) is 1. The minimum absolute atomic E-state index is 0.0146. The van der Waals surface area contributed by atoms with Crippen molar-refractivity contribution in [2.45, 2.75) is 70.4 Å². The van der Waals surface area contributed by atoms with Crippen LogP contribution in [0.5, 0.6) is 0 Å². The monoisotopic (exact) mass is 283 g/mol. The minimum atomic E-state index is -0.859. The minimum Gasteiger partial charge on any atom is -0.481 e. The molecule has 2 fully saturated rings. The number of alkyl carbamates (subject to hydrolysis) is 1. The van der Waals surface area contributed by atoms with E-state index in [9.17, 15) is 14.7 Å². The van der Waals surface area contributed by atoms with Gasteiger partial charge in [-0.05, 0) is 51.9 Å². The van der Waals surface area contributed by atoms with Crippen molar-refractivity contribution < 1.29 is 19.4 Å². The lowest BCUT2D eigenvalue weighted by Crippen LogP contribution is -2.54. The van der Waals surface area contributed by atoms with E-state index in [2.05, 4.69) is 5.32 Å². The molecular weight excluding hydrogens is 258 g/mol. The molecule has 20 heavy (non-hydrogen) atoms. The molecule has 1 amide bonds. The zero-order chi connectivity index (χ0) is 15.0. The van der Waals surface area contributed by atoms with Gasteiger partial charge in [0.1, 0.15) is 5.60 Å². The van der Waals surface area contributed by atoms with Gasteiger partial charge in [0.05, 0.1) is 12.0 Å². The number of carbonyl (C=O) groups is 2. The maximum atomic E-state index is 12.0. The lowest BCUT2D eigenvalue weighted by Gasteiger charge is -2.40. The predicted octanol–water partition coefficient (Wildman–Crippen LogP) is 2.93. The molecule has 0 saturated heterocycles. The third kappa shape index (κ3) is 3.87. The molecule has 0 heterocycles. The summed E-state index contributed by atoms with van der Waals surface area (Å²) in [7, 11) is 0. The highest BCUT2D eigenvalue weighted by molar-refractivity contribution is 5.73. The molecule has 5 heteroatoms. The molecule has 3 atom stereocenters. The quantitative estimate of drug-likeness (QED) is 0.835. The smallest absolute Gasteiger partial charge is 0.408 e. The Morgan fingerprint density at radius 1 is 1.25 bits per heavy atom. The SMILES string of the molecule is CC(C)(C)OC(=O)NC1(CC(=O)O)C[C@@H]2CC[C@@H](C2)C1. The summed E-state index contributed by atoms with van der Waals surface area (Å²) in [4.78, 5) is 23.2. The molecule has 0 spiro atoms. The number of fused-ring (bicyclic) bond motifs is 2. The van der Waals surface area contributed by atoms with Crippen LogP contribution in [0, 0.1) is 11.8 Å². The Balaban J connectivity index is 2.08. The van der Waals surface area contributed by atoms with Crippen LogP contribution in [0.25, 0.3) is 0 Å². The summed E-state index contributed by atoms with van der Waals surface area (Å²) in [5.74, 6) is 0.230. The van der Waals surface area contributed by atoms with Gasteiger partial charge >= 0.3 is 12.1 Å². The molecule has 2 bridgehead atoms. The first-order valence-corrected chi connectivity index (χ1v) is 7.40. The van der Waals surface area contributed by atoms with Gasteiger partial charge in [0.2, 0.25) is 0 Å². The molecule has 2 N–H and O–H groups in total. The summed E-state index contributed by atoms with van der Waals surface area (Å²) >= 11 is 0. The normalized spacial score (nSPS) is 32.8. The van der Waals surface area contributed by atoms with E-state index in [0.717, 1.165) is 25.7 Å². The Morgan fingerprint density at radius 3 is 2.25 bits per heavy atom. The van der Waals surface area contributed by atoms with Gasteiger partial charge < -0.3 is 15.2 Å². The third-order valence-corrected chi connectivity index (χ3v) is 4.26. The summed E-state index contributed by atoms with van der Waals surface area (Å²) in [6.45, 7) is 5.42. The lowest BCUT2D eigenvalue weighted by atomic mass is 9.73. The largest absolute Gasteiger partial charge is 0.481 e. The van der Waals surface area contributed by atoms with Crippen molar-refractivity contribution >= 4 is 12.1 Å². The van der Waals surface area contributed by atoms with E-state index in [1.54, 1.807) is 20.8 Å². The Labute approximate surface area is 120 Å². The molecule has 2 aliphatic carbocycles. The average Bonchev–Trinajstić information content (AvgIpc) is 2.53. The second kappa shape index (κ2) is 5.26. The van der Waals surface area contributed by atoms with Crippen LogP contribution in [0.3, 0.4) is 0 Å². The summed E-state index contributed by atoms with van der Waals surface area (Å²) in [6, 6.07) is 0. The molecule has 2 aliphatic rings. The van der Waals surface area contributed by atoms with Gasteiger partial charge in [0.15, 0.2) is 0 Å². The Hall–Kier alpha value is -1.26. The topological polar surface area (TPSA) is 75.6 Å². The van der Waals surface area contributed by atoms with Crippen LogP contribution < -0.4 is 5.32 Å². The number of ether oxygens (including phenoxy) is 1. The van der Waals surface area contributed by atoms with Gasteiger partial charge in [0.25, 0.3) is 0 Å². The van der Waals surface area contributed by atoms with Gasteiger partial charge in [-0.1, -0.05) is 12.8 Å². The van der Waals surface area contributed by atoms with E-state index in [-0.39, 0.29) is 6.42 Å². The number of carboxylic acids is 1. The summed E-state index contributed by atoms with van der Waals surface area (Å²) in [5.41, 5.74) is -1.19. The Kier molecular flexibility index (Phi) is 3.98. The fraction of sp³-hybridized carbons (Fsp3) is 0.867. The number of hydrogen-bond donors (Lipinski definition) is 2. The number of aliphatic carboxylic acids is 1. The molecule has 2 saturated carbocycles. The van der Waals surface area contributed by atoms with E-state index in [0.29, 0.717) is 11.8 Å². The average molecular weight is 283 g/mol. The molecule has 5 nitrogen and oxygen atoms in total. The highest BCUT2D eigenvalue weighted by atomic mass is 16.6. The van der Waals surface area contributed by atoms with Crippen LogP contribution in [-0.4, -0.2) is 28.3 Å². The van der Waals surface area contributed by atoms with E-state index in [1.165, 1.54) is 6.42 Å². The van der Waals surface area contributed by atoms with Gasteiger partial charge in [-0.2, -0.15) is 0 Å². The molecule has 0 aromatic carbocycles. The Bertz CT molecular complexity index is 387. The first kappa shape index (κ1) is 15.1. The van der Waals surface area contributed by atoms with E-state index in [1.807, 2.05) is 0 Å². The first-order valence-electron chi connectivity index (χ1n) is 7.40. The van der Waals surface area contributed by atoms with Gasteiger partial charge in [-0.25, -0.2) is 4.79 Å². The van der Waals surface area contributed by atoms with Crippen LogP contribution in [-0.2, 0) is 9.53 Å². The number of rotatable bonds is 3.